The van der Waals surface area contributed by atoms with Gasteiger partial charge in [0.25, 0.3) is 0 Å². The van der Waals surface area contributed by atoms with Crippen LogP contribution in [0.25, 0.3) is 10.8 Å². The Bertz CT molecular complexity index is 2200. The number of hydrogen-bond acceptors (Lipinski definition) is 5. The average Bonchev–Trinajstić information content (AvgIpc) is 3.08. The molecule has 0 aliphatic heterocycles. The van der Waals surface area contributed by atoms with Crippen molar-refractivity contribution in [2.75, 3.05) is 0 Å². The van der Waals surface area contributed by atoms with Crippen molar-refractivity contribution < 1.29 is 21.6 Å². The van der Waals surface area contributed by atoms with Crippen molar-refractivity contribution in [3.8, 4) is 0 Å². The number of ketones is 1. The second kappa shape index (κ2) is 12.4. The summed E-state index contributed by atoms with van der Waals surface area (Å²) in [6.45, 7) is 5.82. The molecule has 2 fully saturated rings. The first kappa shape index (κ1) is 32.5. The number of hydrogen-bond donors (Lipinski definition) is 0. The molecule has 2 aliphatic carbocycles. The lowest BCUT2D eigenvalue weighted by Crippen LogP contribution is -2.53. The molecule has 7 heteroatoms. The fraction of sp³-hybridized carbons (Fsp3) is 0.293. The number of aryl methyl sites for hydroxylation is 3. The third-order valence-corrected chi connectivity index (χ3v) is 15.4. The van der Waals surface area contributed by atoms with Crippen molar-refractivity contribution in [3.05, 3.63) is 143 Å². The number of carbonyl (C=O) groups is 1. The van der Waals surface area contributed by atoms with E-state index in [0.717, 1.165) is 38.6 Å². The van der Waals surface area contributed by atoms with Crippen LogP contribution in [0, 0.1) is 32.6 Å². The molecule has 246 valence electrons. The van der Waals surface area contributed by atoms with E-state index < -0.39 is 53.8 Å². The molecule has 2 aliphatic rings. The van der Waals surface area contributed by atoms with Crippen LogP contribution >= 0.6 is 0 Å². The van der Waals surface area contributed by atoms with Gasteiger partial charge in [-0.15, -0.1) is 0 Å². The molecule has 0 radical (unpaired) electrons. The van der Waals surface area contributed by atoms with Gasteiger partial charge in [-0.1, -0.05) is 108 Å². The molecule has 6 unspecified atom stereocenters. The molecule has 0 amide bonds. The van der Waals surface area contributed by atoms with Crippen LogP contribution in [0.3, 0.4) is 0 Å². The summed E-state index contributed by atoms with van der Waals surface area (Å²) in [5, 5.41) is 0.147. The molecule has 6 atom stereocenters. The molecule has 2 saturated carbocycles. The van der Waals surface area contributed by atoms with E-state index in [1.807, 2.05) is 99.6 Å². The number of fused-ring (bicyclic) bond motifs is 2. The van der Waals surface area contributed by atoms with E-state index in [1.165, 1.54) is 0 Å². The number of carbonyl (C=O) groups excluding carboxylic acids is 1. The zero-order chi connectivity index (χ0) is 33.8. The zero-order valence-corrected chi connectivity index (χ0v) is 29.0. The van der Waals surface area contributed by atoms with Crippen molar-refractivity contribution in [2.45, 2.75) is 72.2 Å². The summed E-state index contributed by atoms with van der Waals surface area (Å²) in [5.74, 6) is -2.40. The fourth-order valence-electron chi connectivity index (χ4n) is 8.31. The van der Waals surface area contributed by atoms with E-state index in [2.05, 4.69) is 0 Å². The Kier molecular flexibility index (Phi) is 8.41. The van der Waals surface area contributed by atoms with Crippen molar-refractivity contribution in [1.29, 1.82) is 0 Å². The van der Waals surface area contributed by atoms with Gasteiger partial charge in [-0.05, 0) is 85.7 Å². The minimum Gasteiger partial charge on any atom is -0.299 e. The van der Waals surface area contributed by atoms with Gasteiger partial charge in [-0.2, -0.15) is 0 Å². The van der Waals surface area contributed by atoms with Gasteiger partial charge in [0.1, 0.15) is 5.78 Å². The smallest absolute Gasteiger partial charge is 0.182 e. The number of rotatable bonds is 6. The van der Waals surface area contributed by atoms with E-state index in [9.17, 15) is 21.6 Å². The van der Waals surface area contributed by atoms with E-state index in [1.54, 1.807) is 36.4 Å². The minimum atomic E-state index is -3.94. The molecule has 0 spiro atoms. The SMILES string of the molecule is Cc1ccc(C2CC(=O)C3CC(S(=O)(=O)c4ccc(C)cc4)C(c4cccc5ccccc45)CC3C2S(=O)(=O)c2ccc(C)cc2)cc1. The Morgan fingerprint density at radius 2 is 1.08 bits per heavy atom. The quantitative estimate of drug-likeness (QED) is 0.181. The maximum absolute atomic E-state index is 14.9. The van der Waals surface area contributed by atoms with E-state index in [4.69, 9.17) is 0 Å². The summed E-state index contributed by atoms with van der Waals surface area (Å²) >= 11 is 0. The highest BCUT2D eigenvalue weighted by Gasteiger charge is 2.56. The number of Topliss-reactive ketones (excluding diaryl/α,β-unsaturated/α-hetero) is 1. The molecule has 5 aromatic rings. The van der Waals surface area contributed by atoms with Crippen LogP contribution in [-0.2, 0) is 24.5 Å². The van der Waals surface area contributed by atoms with Gasteiger partial charge < -0.3 is 0 Å². The van der Waals surface area contributed by atoms with Crippen LogP contribution < -0.4 is 0 Å². The van der Waals surface area contributed by atoms with E-state index in [-0.39, 0.29) is 34.8 Å². The van der Waals surface area contributed by atoms with E-state index >= 15 is 0 Å². The van der Waals surface area contributed by atoms with Gasteiger partial charge in [-0.3, -0.25) is 4.79 Å². The Hall–Kier alpha value is -4.07. The largest absolute Gasteiger partial charge is 0.299 e. The van der Waals surface area contributed by atoms with Gasteiger partial charge >= 0.3 is 0 Å². The zero-order valence-electron chi connectivity index (χ0n) is 27.4. The number of sulfone groups is 2. The Morgan fingerprint density at radius 3 is 1.71 bits per heavy atom. The normalized spacial score (nSPS) is 24.7. The van der Waals surface area contributed by atoms with Gasteiger partial charge in [0.15, 0.2) is 19.7 Å². The van der Waals surface area contributed by atoms with Gasteiger partial charge in [0.2, 0.25) is 0 Å². The lowest BCUT2D eigenvalue weighted by molar-refractivity contribution is -0.128. The second-order valence-electron chi connectivity index (χ2n) is 13.8. The molecule has 0 saturated heterocycles. The first-order chi connectivity index (χ1) is 22.9. The standard InChI is InChI=1S/C41H40O5S2/c1-26-11-17-30(18-12-26)35-24-39(42)36-25-40(47(43,44)31-19-13-27(2)14-20-31)37(34-10-6-8-29-7-4-5-9-33(29)34)23-38(36)41(35)48(45,46)32-21-15-28(3)16-22-32/h4-22,35-38,40-41H,23-25H2,1-3H3. The molecule has 0 N–H and O–H groups in total. The summed E-state index contributed by atoms with van der Waals surface area (Å²) in [6, 6.07) is 35.5. The maximum atomic E-state index is 14.9. The second-order valence-corrected chi connectivity index (χ2v) is 18.1. The fourth-order valence-corrected chi connectivity index (χ4v) is 12.6. The molecule has 0 bridgehead atoms. The Balaban J connectivity index is 1.42. The van der Waals surface area contributed by atoms with Crippen LogP contribution in [0.4, 0.5) is 0 Å². The van der Waals surface area contributed by atoms with Crippen LogP contribution in [0.15, 0.2) is 125 Å². The Labute approximate surface area is 283 Å². The third-order valence-electron chi connectivity index (χ3n) is 10.8. The monoisotopic (exact) mass is 676 g/mol. The molecule has 5 aromatic carbocycles. The molecule has 5 nitrogen and oxygen atoms in total. The summed E-state index contributed by atoms with van der Waals surface area (Å²) in [4.78, 5) is 14.7. The van der Waals surface area contributed by atoms with Crippen molar-refractivity contribution in [3.63, 3.8) is 0 Å². The van der Waals surface area contributed by atoms with Gasteiger partial charge in [-0.25, -0.2) is 16.8 Å². The molecular formula is C41H40O5S2. The van der Waals surface area contributed by atoms with Gasteiger partial charge in [0, 0.05) is 24.2 Å². The Morgan fingerprint density at radius 1 is 0.542 bits per heavy atom. The summed E-state index contributed by atoms with van der Waals surface area (Å²) in [7, 11) is -7.84. The number of benzene rings is 5. The first-order valence-electron chi connectivity index (χ1n) is 16.6. The topological polar surface area (TPSA) is 85.3 Å². The lowest BCUT2D eigenvalue weighted by Gasteiger charge is -2.48. The highest BCUT2D eigenvalue weighted by molar-refractivity contribution is 7.92. The predicted molar refractivity (Wildman–Crippen MR) is 191 cm³/mol. The minimum absolute atomic E-state index is 0.0518. The predicted octanol–water partition coefficient (Wildman–Crippen LogP) is 8.32. The first-order valence-corrected chi connectivity index (χ1v) is 19.7. The molecule has 0 heterocycles. The summed E-state index contributed by atoms with van der Waals surface area (Å²) in [5.41, 5.74) is 4.66. The molecular weight excluding hydrogens is 637 g/mol. The third kappa shape index (κ3) is 5.71. The lowest BCUT2D eigenvalue weighted by atomic mass is 9.61. The maximum Gasteiger partial charge on any atom is 0.182 e. The summed E-state index contributed by atoms with van der Waals surface area (Å²) in [6.07, 6.45) is 0.392. The van der Waals surface area contributed by atoms with Crippen LogP contribution in [0.1, 0.15) is 58.9 Å². The highest BCUT2D eigenvalue weighted by Crippen LogP contribution is 2.54. The molecule has 48 heavy (non-hydrogen) atoms. The van der Waals surface area contributed by atoms with Crippen LogP contribution in [0.2, 0.25) is 0 Å². The van der Waals surface area contributed by atoms with Gasteiger partial charge in [0.05, 0.1) is 20.3 Å². The van der Waals surface area contributed by atoms with E-state index in [0.29, 0.717) is 0 Å². The molecule has 7 rings (SSSR count). The highest BCUT2D eigenvalue weighted by atomic mass is 32.2. The van der Waals surface area contributed by atoms with Crippen molar-refractivity contribution >= 4 is 36.2 Å². The summed E-state index contributed by atoms with van der Waals surface area (Å²) < 4.78 is 59.0. The average molecular weight is 677 g/mol. The van der Waals surface area contributed by atoms with Crippen LogP contribution in [0.5, 0.6) is 0 Å². The van der Waals surface area contributed by atoms with Crippen molar-refractivity contribution in [1.82, 2.24) is 0 Å². The molecule has 0 aromatic heterocycles. The van der Waals surface area contributed by atoms with Crippen LogP contribution in [-0.4, -0.2) is 33.1 Å². The van der Waals surface area contributed by atoms with Crippen molar-refractivity contribution in [2.24, 2.45) is 11.8 Å².